The van der Waals surface area contributed by atoms with Gasteiger partial charge in [0.05, 0.1) is 17.7 Å². The highest BCUT2D eigenvalue weighted by Crippen LogP contribution is 2.29. The van der Waals surface area contributed by atoms with Gasteiger partial charge in [0.15, 0.2) is 0 Å². The monoisotopic (exact) mass is 370 g/mol. The summed E-state index contributed by atoms with van der Waals surface area (Å²) >= 11 is 0. The lowest BCUT2D eigenvalue weighted by Crippen LogP contribution is -2.05. The van der Waals surface area contributed by atoms with E-state index in [-0.39, 0.29) is 18.4 Å². The number of fused-ring (bicyclic) bond motifs is 1. The Morgan fingerprint density at radius 1 is 1.08 bits per heavy atom. The molecule has 0 radical (unpaired) electrons. The van der Waals surface area contributed by atoms with Gasteiger partial charge in [-0.05, 0) is 69.2 Å². The molecule has 1 N–H and O–H groups in total. The standard InChI is InChI=1S/C21H22N2O2.ClH/c1-5-25-21(24)16-9-10-19-17(12-16)20(11-14(3)22-19)23-18-8-6-7-13(2)15(18)4;/h6-12H,5H2,1-4H3,(H,22,23);1H. The number of aryl methyl sites for hydroxylation is 2. The van der Waals surface area contributed by atoms with Crippen LogP contribution in [0.2, 0.25) is 0 Å². The van der Waals surface area contributed by atoms with Crippen LogP contribution in [0.25, 0.3) is 10.9 Å². The Balaban J connectivity index is 0.00000243. The van der Waals surface area contributed by atoms with Gasteiger partial charge in [0, 0.05) is 22.5 Å². The molecule has 1 aromatic heterocycles. The summed E-state index contributed by atoms with van der Waals surface area (Å²) in [5.41, 5.74) is 6.71. The van der Waals surface area contributed by atoms with Crippen molar-refractivity contribution in [2.45, 2.75) is 27.7 Å². The average Bonchev–Trinajstić information content (AvgIpc) is 2.58. The number of hydrogen-bond donors (Lipinski definition) is 1. The summed E-state index contributed by atoms with van der Waals surface area (Å²) in [4.78, 5) is 16.6. The largest absolute Gasteiger partial charge is 0.462 e. The first-order valence-corrected chi connectivity index (χ1v) is 8.41. The maximum absolute atomic E-state index is 12.1. The van der Waals surface area contributed by atoms with E-state index in [2.05, 4.69) is 36.3 Å². The third-order valence-corrected chi connectivity index (χ3v) is 4.32. The van der Waals surface area contributed by atoms with E-state index in [1.807, 2.05) is 31.2 Å². The summed E-state index contributed by atoms with van der Waals surface area (Å²) in [6.07, 6.45) is 0. The Morgan fingerprint density at radius 2 is 1.85 bits per heavy atom. The summed E-state index contributed by atoms with van der Waals surface area (Å²) in [7, 11) is 0. The Hall–Kier alpha value is -2.59. The summed E-state index contributed by atoms with van der Waals surface area (Å²) < 4.78 is 5.11. The highest BCUT2D eigenvalue weighted by Gasteiger charge is 2.11. The fourth-order valence-corrected chi connectivity index (χ4v) is 2.83. The average molecular weight is 371 g/mol. The topological polar surface area (TPSA) is 51.2 Å². The molecule has 0 aliphatic heterocycles. The maximum Gasteiger partial charge on any atom is 0.338 e. The van der Waals surface area contributed by atoms with E-state index in [9.17, 15) is 4.79 Å². The molecule has 5 heteroatoms. The number of ether oxygens (including phenoxy) is 1. The number of carbonyl (C=O) groups excluding carboxylic acids is 1. The van der Waals surface area contributed by atoms with Gasteiger partial charge >= 0.3 is 5.97 Å². The first kappa shape index (κ1) is 19.7. The second-order valence-corrected chi connectivity index (χ2v) is 6.14. The minimum atomic E-state index is -0.317. The minimum Gasteiger partial charge on any atom is -0.462 e. The third kappa shape index (κ3) is 3.97. The predicted octanol–water partition coefficient (Wildman–Crippen LogP) is 5.50. The number of benzene rings is 2. The molecule has 0 saturated heterocycles. The van der Waals surface area contributed by atoms with Crippen LogP contribution in [0.15, 0.2) is 42.5 Å². The van der Waals surface area contributed by atoms with Gasteiger partial charge in [-0.15, -0.1) is 12.4 Å². The van der Waals surface area contributed by atoms with Crippen LogP contribution in [0.5, 0.6) is 0 Å². The van der Waals surface area contributed by atoms with Crippen molar-refractivity contribution >= 4 is 40.7 Å². The van der Waals surface area contributed by atoms with Crippen molar-refractivity contribution in [2.75, 3.05) is 11.9 Å². The van der Waals surface area contributed by atoms with E-state index in [0.717, 1.165) is 28.0 Å². The number of esters is 1. The van der Waals surface area contributed by atoms with Gasteiger partial charge in [-0.25, -0.2) is 4.79 Å². The Kier molecular flexibility index (Phi) is 6.22. The van der Waals surface area contributed by atoms with Crippen molar-refractivity contribution in [1.82, 2.24) is 4.98 Å². The molecule has 1 heterocycles. The maximum atomic E-state index is 12.1. The highest BCUT2D eigenvalue weighted by atomic mass is 35.5. The number of halogens is 1. The smallest absolute Gasteiger partial charge is 0.338 e. The molecule has 0 aliphatic carbocycles. The van der Waals surface area contributed by atoms with Gasteiger partial charge < -0.3 is 10.1 Å². The van der Waals surface area contributed by atoms with Gasteiger partial charge in [0.1, 0.15) is 0 Å². The molecule has 0 spiro atoms. The molecule has 3 rings (SSSR count). The zero-order chi connectivity index (χ0) is 18.0. The molecule has 0 amide bonds. The van der Waals surface area contributed by atoms with Crippen LogP contribution in [-0.2, 0) is 4.74 Å². The summed E-state index contributed by atoms with van der Waals surface area (Å²) in [5, 5.41) is 4.40. The Morgan fingerprint density at radius 3 is 2.58 bits per heavy atom. The van der Waals surface area contributed by atoms with Gasteiger partial charge in [0.25, 0.3) is 0 Å². The molecule has 0 fully saturated rings. The second-order valence-electron chi connectivity index (χ2n) is 6.14. The first-order valence-electron chi connectivity index (χ1n) is 8.41. The van der Waals surface area contributed by atoms with E-state index >= 15 is 0 Å². The van der Waals surface area contributed by atoms with Crippen LogP contribution in [0.4, 0.5) is 11.4 Å². The molecule has 0 bridgehead atoms. The molecule has 2 aromatic carbocycles. The fourth-order valence-electron chi connectivity index (χ4n) is 2.83. The Labute approximate surface area is 160 Å². The minimum absolute atomic E-state index is 0. The van der Waals surface area contributed by atoms with Gasteiger partial charge in [0.2, 0.25) is 0 Å². The zero-order valence-electron chi connectivity index (χ0n) is 15.4. The highest BCUT2D eigenvalue weighted by molar-refractivity contribution is 5.99. The number of anilines is 2. The molecular formula is C21H23ClN2O2. The lowest BCUT2D eigenvalue weighted by Gasteiger charge is -2.15. The molecule has 0 unspecified atom stereocenters. The quantitative estimate of drug-likeness (QED) is 0.616. The van der Waals surface area contributed by atoms with Crippen LogP contribution in [0.3, 0.4) is 0 Å². The molecule has 3 aromatic rings. The van der Waals surface area contributed by atoms with Crippen molar-refractivity contribution in [3.8, 4) is 0 Å². The number of pyridine rings is 1. The molecule has 0 aliphatic rings. The van der Waals surface area contributed by atoms with Crippen molar-refractivity contribution in [3.05, 3.63) is 64.8 Å². The molecule has 0 atom stereocenters. The van der Waals surface area contributed by atoms with E-state index in [0.29, 0.717) is 12.2 Å². The molecule has 26 heavy (non-hydrogen) atoms. The van der Waals surface area contributed by atoms with Gasteiger partial charge in [-0.1, -0.05) is 12.1 Å². The van der Waals surface area contributed by atoms with Crippen molar-refractivity contribution in [2.24, 2.45) is 0 Å². The SMILES string of the molecule is CCOC(=O)c1ccc2nc(C)cc(Nc3cccc(C)c3C)c2c1.Cl. The fraction of sp³-hybridized carbons (Fsp3) is 0.238. The van der Waals surface area contributed by atoms with Crippen LogP contribution in [-0.4, -0.2) is 17.6 Å². The lowest BCUT2D eigenvalue weighted by atomic mass is 10.1. The number of aromatic nitrogens is 1. The normalized spacial score (nSPS) is 10.3. The van der Waals surface area contributed by atoms with Crippen LogP contribution in [0.1, 0.15) is 34.1 Å². The summed E-state index contributed by atoms with van der Waals surface area (Å²) in [6.45, 7) is 8.31. The zero-order valence-corrected chi connectivity index (χ0v) is 16.2. The van der Waals surface area contributed by atoms with Crippen LogP contribution >= 0.6 is 12.4 Å². The number of nitrogens with zero attached hydrogens (tertiary/aromatic N) is 1. The number of rotatable bonds is 4. The van der Waals surface area contributed by atoms with Crippen LogP contribution < -0.4 is 5.32 Å². The number of nitrogens with one attached hydrogen (secondary N) is 1. The number of carbonyl (C=O) groups is 1. The summed E-state index contributed by atoms with van der Waals surface area (Å²) in [6, 6.07) is 13.6. The Bertz CT molecular complexity index is 954. The van der Waals surface area contributed by atoms with Crippen molar-refractivity contribution in [3.63, 3.8) is 0 Å². The van der Waals surface area contributed by atoms with Crippen molar-refractivity contribution in [1.29, 1.82) is 0 Å². The van der Waals surface area contributed by atoms with E-state index < -0.39 is 0 Å². The van der Waals surface area contributed by atoms with Gasteiger partial charge in [-0.3, -0.25) is 4.98 Å². The third-order valence-electron chi connectivity index (χ3n) is 4.32. The van der Waals surface area contributed by atoms with E-state index in [4.69, 9.17) is 4.74 Å². The molecule has 0 saturated carbocycles. The van der Waals surface area contributed by atoms with Crippen LogP contribution in [0, 0.1) is 20.8 Å². The van der Waals surface area contributed by atoms with Gasteiger partial charge in [-0.2, -0.15) is 0 Å². The predicted molar refractivity (Wildman–Crippen MR) is 109 cm³/mol. The lowest BCUT2D eigenvalue weighted by molar-refractivity contribution is 0.0526. The first-order chi connectivity index (χ1) is 12.0. The van der Waals surface area contributed by atoms with E-state index in [1.165, 1.54) is 11.1 Å². The van der Waals surface area contributed by atoms with Crippen molar-refractivity contribution < 1.29 is 9.53 Å². The molecule has 136 valence electrons. The summed E-state index contributed by atoms with van der Waals surface area (Å²) in [5.74, 6) is -0.317. The molecular weight excluding hydrogens is 348 g/mol. The second kappa shape index (κ2) is 8.19. The molecule has 4 nitrogen and oxygen atoms in total. The number of hydrogen-bond acceptors (Lipinski definition) is 4. The van der Waals surface area contributed by atoms with E-state index in [1.54, 1.807) is 13.0 Å².